The van der Waals surface area contributed by atoms with E-state index in [9.17, 15) is 4.79 Å². The fourth-order valence-electron chi connectivity index (χ4n) is 0.158. The second-order valence-corrected chi connectivity index (χ2v) is 2.09. The summed E-state index contributed by atoms with van der Waals surface area (Å²) in [5, 5.41) is 3.14. The molecule has 42 valence electrons. The molecule has 1 N–H and O–H groups in total. The predicted octanol–water partition coefficient (Wildman–Crippen LogP) is 0.678. The van der Waals surface area contributed by atoms with E-state index in [0.29, 0.717) is 6.42 Å². The highest BCUT2D eigenvalue weighted by molar-refractivity contribution is 9.09. The summed E-state index contributed by atoms with van der Waals surface area (Å²) in [6, 6.07) is 0. The number of carbonyl (C=O) groups is 1. The van der Waals surface area contributed by atoms with E-state index >= 15 is 0 Å². The number of alkyl halides is 1. The van der Waals surface area contributed by atoms with Crippen LogP contribution in [-0.2, 0) is 4.79 Å². The van der Waals surface area contributed by atoms with Crippen LogP contribution in [0.25, 0.3) is 0 Å². The summed E-state index contributed by atoms with van der Waals surface area (Å²) in [6.07, 6.45) is 0.545. The Morgan fingerprint density at radius 1 is 1.86 bits per heavy atom. The molecule has 0 rings (SSSR count). The van der Waals surface area contributed by atoms with Gasteiger partial charge in [-0.3, -0.25) is 4.79 Å². The lowest BCUT2D eigenvalue weighted by Crippen LogP contribution is -2.10. The first-order valence-electron chi connectivity index (χ1n) is 1.86. The zero-order valence-electron chi connectivity index (χ0n) is 3.78. The van der Waals surface area contributed by atoms with Crippen molar-refractivity contribution in [3.8, 4) is 0 Å². The minimum absolute atomic E-state index is 0.0434. The van der Waals surface area contributed by atoms with Crippen molar-refractivity contribution in [2.45, 2.75) is 6.42 Å². The Kier molecular flexibility index (Phi) is 4.78. The van der Waals surface area contributed by atoms with Gasteiger partial charge in [0.15, 0.2) is 0 Å². The van der Waals surface area contributed by atoms with Crippen molar-refractivity contribution in [1.82, 2.24) is 5.09 Å². The third-order valence-electron chi connectivity index (χ3n) is 0.483. The summed E-state index contributed by atoms with van der Waals surface area (Å²) in [4.78, 5) is 10.2. The summed E-state index contributed by atoms with van der Waals surface area (Å²) in [5.74, 6) is 0.0434. The number of carbonyl (C=O) groups excluding carboxylic acids is 1. The van der Waals surface area contributed by atoms with Crippen LogP contribution in [0, 0.1) is 0 Å². The summed E-state index contributed by atoms with van der Waals surface area (Å²) in [5.41, 5.74) is 0. The van der Waals surface area contributed by atoms with Crippen LogP contribution in [0.3, 0.4) is 0 Å². The van der Waals surface area contributed by atoms with Crippen LogP contribution in [0.1, 0.15) is 6.42 Å². The van der Waals surface area contributed by atoms with Crippen molar-refractivity contribution in [3.05, 3.63) is 0 Å². The zero-order chi connectivity index (χ0) is 5.70. The Balaban J connectivity index is 3.00. The van der Waals surface area contributed by atoms with Gasteiger partial charge in [-0.25, -0.2) is 0 Å². The molecule has 0 fully saturated rings. The van der Waals surface area contributed by atoms with Crippen LogP contribution in [-0.4, -0.2) is 11.2 Å². The number of halogens is 1. The molecule has 0 aromatic carbocycles. The van der Waals surface area contributed by atoms with Gasteiger partial charge < -0.3 is 5.09 Å². The molecule has 2 nitrogen and oxygen atoms in total. The van der Waals surface area contributed by atoms with Gasteiger partial charge in [-0.05, 0) is 9.39 Å². The molecule has 4 heteroatoms. The van der Waals surface area contributed by atoms with E-state index in [2.05, 4.69) is 30.4 Å². The summed E-state index contributed by atoms with van der Waals surface area (Å²) in [6.45, 7) is 0. The average Bonchev–Trinajstić information content (AvgIpc) is 1.68. The van der Waals surface area contributed by atoms with E-state index < -0.39 is 0 Å². The molecule has 1 amide bonds. The van der Waals surface area contributed by atoms with Crippen LogP contribution < -0.4 is 5.09 Å². The van der Waals surface area contributed by atoms with E-state index in [4.69, 9.17) is 0 Å². The van der Waals surface area contributed by atoms with Crippen molar-refractivity contribution >= 4 is 31.2 Å². The summed E-state index contributed by atoms with van der Waals surface area (Å²) in [7, 11) is 2.15. The maximum Gasteiger partial charge on any atom is 0.223 e. The first kappa shape index (κ1) is 7.38. The normalized spacial score (nSPS) is 8.29. The standard InChI is InChI=1S/C3H7BrNOP/c4-2-1-3(6)5-7/h1-2,7H2,(H,5,6). The number of hydrogen-bond acceptors (Lipinski definition) is 1. The van der Waals surface area contributed by atoms with E-state index in [1.807, 2.05) is 0 Å². The summed E-state index contributed by atoms with van der Waals surface area (Å²) >= 11 is 3.12. The monoisotopic (exact) mass is 183 g/mol. The quantitative estimate of drug-likeness (QED) is 0.496. The average molecular weight is 184 g/mol. The van der Waals surface area contributed by atoms with Gasteiger partial charge >= 0.3 is 0 Å². The molecule has 0 aliphatic carbocycles. The van der Waals surface area contributed by atoms with Gasteiger partial charge in [0, 0.05) is 11.8 Å². The number of amides is 1. The molecular weight excluding hydrogens is 177 g/mol. The highest BCUT2D eigenvalue weighted by Crippen LogP contribution is 1.87. The molecule has 0 radical (unpaired) electrons. The zero-order valence-corrected chi connectivity index (χ0v) is 6.52. The third-order valence-corrected chi connectivity index (χ3v) is 1.20. The van der Waals surface area contributed by atoms with Crippen molar-refractivity contribution in [1.29, 1.82) is 0 Å². The maximum atomic E-state index is 10.2. The van der Waals surface area contributed by atoms with Crippen molar-refractivity contribution in [2.75, 3.05) is 5.33 Å². The van der Waals surface area contributed by atoms with Gasteiger partial charge in [0.25, 0.3) is 0 Å². The number of nitrogens with one attached hydrogen (secondary N) is 1. The van der Waals surface area contributed by atoms with E-state index in [0.717, 1.165) is 5.33 Å². The van der Waals surface area contributed by atoms with Crippen molar-refractivity contribution < 1.29 is 4.79 Å². The maximum absolute atomic E-state index is 10.2. The molecular formula is C3H7BrNOP. The number of hydrogen-bond donors (Lipinski definition) is 1. The van der Waals surface area contributed by atoms with Crippen molar-refractivity contribution in [3.63, 3.8) is 0 Å². The van der Waals surface area contributed by atoms with Gasteiger partial charge in [-0.2, -0.15) is 0 Å². The van der Waals surface area contributed by atoms with Gasteiger partial charge in [-0.15, -0.1) is 0 Å². The first-order valence-corrected chi connectivity index (χ1v) is 3.56. The van der Waals surface area contributed by atoms with Gasteiger partial charge in [0.05, 0.1) is 0 Å². The molecule has 0 spiro atoms. The second kappa shape index (κ2) is 4.54. The van der Waals surface area contributed by atoms with Crippen LogP contribution in [0.15, 0.2) is 0 Å². The minimum Gasteiger partial charge on any atom is -0.341 e. The van der Waals surface area contributed by atoms with Crippen molar-refractivity contribution in [2.24, 2.45) is 0 Å². The molecule has 0 aliphatic heterocycles. The Hall–Kier alpha value is 0.380. The fraction of sp³-hybridized carbons (Fsp3) is 0.667. The third kappa shape index (κ3) is 4.23. The fourth-order valence-corrected chi connectivity index (χ4v) is 0.662. The summed E-state index contributed by atoms with van der Waals surface area (Å²) < 4.78 is 0. The van der Waals surface area contributed by atoms with Crippen LogP contribution in [0.5, 0.6) is 0 Å². The van der Waals surface area contributed by atoms with Crippen LogP contribution in [0.2, 0.25) is 0 Å². The highest BCUT2D eigenvalue weighted by atomic mass is 79.9. The molecule has 1 atom stereocenters. The molecule has 0 aromatic heterocycles. The Morgan fingerprint density at radius 2 is 2.43 bits per heavy atom. The topological polar surface area (TPSA) is 29.1 Å². The first-order chi connectivity index (χ1) is 3.31. The van der Waals surface area contributed by atoms with Crippen LogP contribution in [0.4, 0.5) is 0 Å². The molecule has 0 saturated carbocycles. The van der Waals surface area contributed by atoms with E-state index in [-0.39, 0.29) is 5.91 Å². The molecule has 7 heavy (non-hydrogen) atoms. The largest absolute Gasteiger partial charge is 0.341 e. The van der Waals surface area contributed by atoms with Crippen LogP contribution >= 0.6 is 25.3 Å². The lowest BCUT2D eigenvalue weighted by molar-refractivity contribution is -0.118. The highest BCUT2D eigenvalue weighted by Gasteiger charge is 1.91. The minimum atomic E-state index is 0.0434. The van der Waals surface area contributed by atoms with E-state index in [1.54, 1.807) is 0 Å². The van der Waals surface area contributed by atoms with Gasteiger partial charge in [0.2, 0.25) is 5.91 Å². The Bertz CT molecular complexity index is 68.0. The Morgan fingerprint density at radius 3 is 2.57 bits per heavy atom. The number of rotatable bonds is 2. The lowest BCUT2D eigenvalue weighted by atomic mass is 10.5. The SMILES string of the molecule is O=C(CCBr)NP. The smallest absolute Gasteiger partial charge is 0.223 e. The lowest BCUT2D eigenvalue weighted by Gasteiger charge is -1.90. The van der Waals surface area contributed by atoms with E-state index in [1.165, 1.54) is 0 Å². The molecule has 0 heterocycles. The molecule has 1 unspecified atom stereocenters. The molecule has 0 aliphatic rings. The molecule has 0 aromatic rings. The van der Waals surface area contributed by atoms with Gasteiger partial charge in [0.1, 0.15) is 0 Å². The molecule has 0 saturated heterocycles. The Labute approximate surface area is 53.4 Å². The second-order valence-electron chi connectivity index (χ2n) is 1.01. The molecule has 0 bridgehead atoms. The van der Waals surface area contributed by atoms with Gasteiger partial charge in [-0.1, -0.05) is 15.9 Å². The predicted molar refractivity (Wildman–Crippen MR) is 36.3 cm³/mol.